The zero-order valence-corrected chi connectivity index (χ0v) is 8.68. The van der Waals surface area contributed by atoms with E-state index in [-0.39, 0.29) is 5.96 Å². The molecule has 1 aromatic heterocycles. The maximum Gasteiger partial charge on any atom is 0.274 e. The van der Waals surface area contributed by atoms with Crippen LogP contribution in [-0.4, -0.2) is 15.7 Å². The third kappa shape index (κ3) is 1.98. The molecule has 0 aliphatic rings. The Labute approximate surface area is 95.3 Å². The molecule has 0 atom stereocenters. The molecule has 2 rings (SSSR count). The van der Waals surface area contributed by atoms with Crippen molar-refractivity contribution in [2.45, 2.75) is 0 Å². The van der Waals surface area contributed by atoms with Gasteiger partial charge in [-0.1, -0.05) is 12.1 Å². The number of rotatable bonds is 2. The van der Waals surface area contributed by atoms with Gasteiger partial charge in [-0.15, -0.1) is 4.91 Å². The highest BCUT2D eigenvalue weighted by Gasteiger charge is 2.06. The summed E-state index contributed by atoms with van der Waals surface area (Å²) < 4.78 is 0.918. The van der Waals surface area contributed by atoms with Gasteiger partial charge < -0.3 is 5.73 Å². The van der Waals surface area contributed by atoms with Crippen molar-refractivity contribution in [3.8, 4) is 11.3 Å². The largest absolute Gasteiger partial charge is 0.368 e. The minimum atomic E-state index is -0.412. The molecule has 86 valence electrons. The number of nitrogens with one attached hydrogen (secondary N) is 2. The number of nitroso groups, excluding NO2 is 1. The molecule has 0 bridgehead atoms. The molecule has 1 aromatic carbocycles. The number of nitrogen functional groups attached to an aromatic ring is 1. The summed E-state index contributed by atoms with van der Waals surface area (Å²) in [5.74, 6) is -0.382. The number of hydrogen-bond acceptors (Lipinski definition) is 4. The molecule has 0 fully saturated rings. The highest BCUT2D eigenvalue weighted by molar-refractivity contribution is 5.77. The Morgan fingerprint density at radius 2 is 2.00 bits per heavy atom. The Morgan fingerprint density at radius 3 is 2.47 bits per heavy atom. The van der Waals surface area contributed by atoms with Crippen molar-refractivity contribution in [2.24, 2.45) is 10.9 Å². The van der Waals surface area contributed by atoms with Gasteiger partial charge in [-0.3, -0.25) is 15.3 Å². The molecule has 0 saturated carbocycles. The first-order valence-electron chi connectivity index (χ1n) is 4.72. The second-order valence-corrected chi connectivity index (χ2v) is 3.37. The third-order valence-electron chi connectivity index (χ3n) is 2.25. The first-order valence-corrected chi connectivity index (χ1v) is 4.72. The molecule has 0 radical (unpaired) electrons. The van der Waals surface area contributed by atoms with Gasteiger partial charge in [0, 0.05) is 6.07 Å². The van der Waals surface area contributed by atoms with E-state index < -0.39 is 5.56 Å². The van der Waals surface area contributed by atoms with Crippen LogP contribution in [0.4, 0.5) is 5.69 Å². The SMILES string of the molecule is N=C(N)n1[nH]c(-c2ccc(N=O)cc2)cc1=O. The molecule has 7 heteroatoms. The minimum Gasteiger partial charge on any atom is -0.368 e. The molecule has 0 aliphatic heterocycles. The lowest BCUT2D eigenvalue weighted by Gasteiger charge is -1.98. The van der Waals surface area contributed by atoms with Gasteiger partial charge in [0.25, 0.3) is 5.56 Å². The van der Waals surface area contributed by atoms with Crippen LogP contribution < -0.4 is 11.3 Å². The fourth-order valence-corrected chi connectivity index (χ4v) is 1.42. The number of benzene rings is 1. The number of aromatic nitrogens is 2. The highest BCUT2D eigenvalue weighted by Crippen LogP contribution is 2.19. The standard InChI is InChI=1S/C10H9N5O2/c11-10(12)15-9(16)5-8(13-15)6-1-3-7(14-17)4-2-6/h1-5,13H,(H3,11,12). The Morgan fingerprint density at radius 1 is 1.35 bits per heavy atom. The van der Waals surface area contributed by atoms with Gasteiger partial charge >= 0.3 is 0 Å². The minimum absolute atomic E-state index is 0.307. The number of H-pyrrole nitrogens is 1. The van der Waals surface area contributed by atoms with Gasteiger partial charge in [-0.05, 0) is 22.9 Å². The third-order valence-corrected chi connectivity index (χ3v) is 2.25. The number of nitrogens with zero attached hydrogens (tertiary/aromatic N) is 2. The smallest absolute Gasteiger partial charge is 0.274 e. The van der Waals surface area contributed by atoms with Crippen LogP contribution in [0.2, 0.25) is 0 Å². The van der Waals surface area contributed by atoms with Gasteiger partial charge in [0.15, 0.2) is 0 Å². The molecule has 0 saturated heterocycles. The zero-order valence-electron chi connectivity index (χ0n) is 8.68. The van der Waals surface area contributed by atoms with E-state index >= 15 is 0 Å². The molecule has 7 nitrogen and oxygen atoms in total. The number of nitrogens with two attached hydrogens (primary N) is 1. The number of aromatic amines is 1. The maximum absolute atomic E-state index is 11.4. The van der Waals surface area contributed by atoms with Crippen molar-refractivity contribution >= 4 is 11.6 Å². The quantitative estimate of drug-likeness (QED) is 0.406. The average Bonchev–Trinajstić information content (AvgIpc) is 2.71. The Bertz CT molecular complexity index is 623. The summed E-state index contributed by atoms with van der Waals surface area (Å²) in [5, 5.41) is 12.6. The van der Waals surface area contributed by atoms with Crippen LogP contribution in [0.5, 0.6) is 0 Å². The van der Waals surface area contributed by atoms with Gasteiger partial charge in [0.2, 0.25) is 5.96 Å². The summed E-state index contributed by atoms with van der Waals surface area (Å²) in [6.45, 7) is 0. The predicted molar refractivity (Wildman–Crippen MR) is 63.3 cm³/mol. The van der Waals surface area contributed by atoms with E-state index in [0.717, 1.165) is 4.68 Å². The van der Waals surface area contributed by atoms with E-state index in [1.807, 2.05) is 0 Å². The van der Waals surface area contributed by atoms with Crippen molar-refractivity contribution < 1.29 is 0 Å². The summed E-state index contributed by atoms with van der Waals surface area (Å²) >= 11 is 0. The Kier molecular flexibility index (Phi) is 2.57. The van der Waals surface area contributed by atoms with Gasteiger partial charge in [-0.2, -0.15) is 4.68 Å². The van der Waals surface area contributed by atoms with Gasteiger partial charge in [-0.25, -0.2) is 0 Å². The molecular weight excluding hydrogens is 222 g/mol. The summed E-state index contributed by atoms with van der Waals surface area (Å²) in [5.41, 5.74) is 6.33. The van der Waals surface area contributed by atoms with Crippen LogP contribution in [0.1, 0.15) is 0 Å². The normalized spacial score (nSPS) is 10.1. The summed E-state index contributed by atoms with van der Waals surface area (Å²) in [6, 6.07) is 7.68. The van der Waals surface area contributed by atoms with Gasteiger partial charge in [0.1, 0.15) is 5.69 Å². The van der Waals surface area contributed by atoms with Crippen LogP contribution in [0.15, 0.2) is 40.3 Å². The maximum atomic E-state index is 11.4. The first kappa shape index (κ1) is 10.8. The molecule has 0 amide bonds. The van der Waals surface area contributed by atoms with Crippen LogP contribution in [0.25, 0.3) is 11.3 Å². The topological polar surface area (TPSA) is 117 Å². The predicted octanol–water partition coefficient (Wildman–Crippen LogP) is 0.983. The first-order chi connectivity index (χ1) is 8.11. The fourth-order valence-electron chi connectivity index (χ4n) is 1.42. The van der Waals surface area contributed by atoms with Crippen LogP contribution in [-0.2, 0) is 0 Å². The Balaban J connectivity index is 2.46. The molecule has 4 N–H and O–H groups in total. The monoisotopic (exact) mass is 231 g/mol. The fraction of sp³-hybridized carbons (Fsp3) is 0. The van der Waals surface area contributed by atoms with Crippen LogP contribution in [0, 0.1) is 10.3 Å². The zero-order chi connectivity index (χ0) is 12.4. The van der Waals surface area contributed by atoms with E-state index in [9.17, 15) is 9.70 Å². The lowest BCUT2D eigenvalue weighted by Crippen LogP contribution is -2.30. The second-order valence-electron chi connectivity index (χ2n) is 3.37. The second kappa shape index (κ2) is 4.05. The average molecular weight is 231 g/mol. The van der Waals surface area contributed by atoms with E-state index in [2.05, 4.69) is 10.3 Å². The molecule has 0 unspecified atom stereocenters. The van der Waals surface area contributed by atoms with Crippen LogP contribution >= 0.6 is 0 Å². The van der Waals surface area contributed by atoms with E-state index in [0.29, 0.717) is 16.9 Å². The molecule has 0 spiro atoms. The summed E-state index contributed by atoms with van der Waals surface area (Å²) in [7, 11) is 0. The van der Waals surface area contributed by atoms with Crippen molar-refractivity contribution in [3.05, 3.63) is 45.6 Å². The lowest BCUT2D eigenvalue weighted by atomic mass is 10.1. The molecule has 2 aromatic rings. The number of hydrogen-bond donors (Lipinski definition) is 3. The lowest BCUT2D eigenvalue weighted by molar-refractivity contribution is 0.884. The summed E-state index contributed by atoms with van der Waals surface area (Å²) in [6.07, 6.45) is 0. The molecule has 1 heterocycles. The summed E-state index contributed by atoms with van der Waals surface area (Å²) in [4.78, 5) is 21.7. The van der Waals surface area contributed by atoms with Crippen molar-refractivity contribution in [1.29, 1.82) is 5.41 Å². The van der Waals surface area contributed by atoms with E-state index in [4.69, 9.17) is 11.1 Å². The van der Waals surface area contributed by atoms with Crippen molar-refractivity contribution in [3.63, 3.8) is 0 Å². The van der Waals surface area contributed by atoms with Crippen LogP contribution in [0.3, 0.4) is 0 Å². The van der Waals surface area contributed by atoms with Gasteiger partial charge in [0.05, 0.1) is 5.69 Å². The highest BCUT2D eigenvalue weighted by atomic mass is 16.3. The van der Waals surface area contributed by atoms with Crippen molar-refractivity contribution in [2.75, 3.05) is 0 Å². The van der Waals surface area contributed by atoms with E-state index in [1.54, 1.807) is 12.1 Å². The molecule has 0 aliphatic carbocycles. The Hall–Kier alpha value is -2.70. The van der Waals surface area contributed by atoms with E-state index in [1.165, 1.54) is 18.2 Å². The molecule has 17 heavy (non-hydrogen) atoms. The van der Waals surface area contributed by atoms with Crippen molar-refractivity contribution in [1.82, 2.24) is 9.78 Å². The molecular formula is C10H9N5O2.